The van der Waals surface area contributed by atoms with Gasteiger partial charge in [0.2, 0.25) is 0 Å². The summed E-state index contributed by atoms with van der Waals surface area (Å²) in [7, 11) is 0. The number of anilines is 2. The van der Waals surface area contributed by atoms with Crippen molar-refractivity contribution in [3.05, 3.63) is 53.2 Å². The lowest BCUT2D eigenvalue weighted by Gasteiger charge is -2.36. The predicted molar refractivity (Wildman–Crippen MR) is 121 cm³/mol. The molecule has 7 heteroatoms. The Hall–Kier alpha value is -3.09. The normalized spacial score (nSPS) is 21.1. The van der Waals surface area contributed by atoms with E-state index in [1.54, 1.807) is 17.0 Å². The van der Waals surface area contributed by atoms with E-state index in [1.165, 1.54) is 36.8 Å². The molecule has 0 unspecified atom stereocenters. The number of pyridine rings is 1. The van der Waals surface area contributed by atoms with Crippen LogP contribution in [0.25, 0.3) is 0 Å². The molecule has 0 N–H and O–H groups in total. The predicted octanol–water partition coefficient (Wildman–Crippen LogP) is 3.76. The van der Waals surface area contributed by atoms with E-state index in [2.05, 4.69) is 17.2 Å². The molecule has 3 heterocycles. The van der Waals surface area contributed by atoms with E-state index in [0.29, 0.717) is 37.7 Å². The zero-order valence-corrected chi connectivity index (χ0v) is 18.2. The molecule has 2 saturated carbocycles. The third-order valence-electron chi connectivity index (χ3n) is 7.04. The zero-order chi connectivity index (χ0) is 21.7. The van der Waals surface area contributed by atoms with E-state index in [-0.39, 0.29) is 12.0 Å². The standard InChI is InChI=1S/C25H28N4O3/c30-24(19-5-7-21(8-6-19)29-13-14-32-25(29)31)28-11-9-27(10-12-28)23-22(18-3-4-18)15-20(16-26-23)17-1-2-17/h5-8,15-18H,1-4,9-14H2. The van der Waals surface area contributed by atoms with Gasteiger partial charge < -0.3 is 14.5 Å². The molecule has 1 aromatic heterocycles. The molecule has 2 aliphatic carbocycles. The summed E-state index contributed by atoms with van der Waals surface area (Å²) < 4.78 is 4.99. The summed E-state index contributed by atoms with van der Waals surface area (Å²) in [4.78, 5) is 35.5. The number of nitrogens with zero attached hydrogens (tertiary/aromatic N) is 4. The molecule has 2 saturated heterocycles. The van der Waals surface area contributed by atoms with E-state index >= 15 is 0 Å². The quantitative estimate of drug-likeness (QED) is 0.720. The van der Waals surface area contributed by atoms with E-state index in [4.69, 9.17) is 9.72 Å². The fourth-order valence-electron chi connectivity index (χ4n) is 4.81. The lowest BCUT2D eigenvalue weighted by Crippen LogP contribution is -2.49. The largest absolute Gasteiger partial charge is 0.447 e. The number of rotatable bonds is 5. The maximum Gasteiger partial charge on any atom is 0.414 e. The molecular formula is C25H28N4O3. The number of ether oxygens (including phenoxy) is 1. The first-order chi connectivity index (χ1) is 15.7. The minimum absolute atomic E-state index is 0.0413. The van der Waals surface area contributed by atoms with Gasteiger partial charge in [0.15, 0.2) is 0 Å². The van der Waals surface area contributed by atoms with Gasteiger partial charge in [-0.3, -0.25) is 9.69 Å². The van der Waals surface area contributed by atoms with Crippen molar-refractivity contribution < 1.29 is 14.3 Å². The van der Waals surface area contributed by atoms with Crippen LogP contribution in [0.4, 0.5) is 16.3 Å². The zero-order valence-electron chi connectivity index (χ0n) is 18.2. The fourth-order valence-corrected chi connectivity index (χ4v) is 4.81. The number of piperazine rings is 1. The number of hydrogen-bond donors (Lipinski definition) is 0. The Morgan fingerprint density at radius 2 is 1.66 bits per heavy atom. The molecular weight excluding hydrogens is 404 g/mol. The molecule has 4 aliphatic rings. The van der Waals surface area contributed by atoms with Gasteiger partial charge in [0.25, 0.3) is 5.91 Å². The van der Waals surface area contributed by atoms with Crippen LogP contribution in [0.15, 0.2) is 36.5 Å². The molecule has 0 atom stereocenters. The second-order valence-corrected chi connectivity index (χ2v) is 9.32. The summed E-state index contributed by atoms with van der Waals surface area (Å²) in [5.41, 5.74) is 4.25. The van der Waals surface area contributed by atoms with E-state index in [9.17, 15) is 9.59 Å². The molecule has 0 bridgehead atoms. The van der Waals surface area contributed by atoms with Crippen LogP contribution in [0.2, 0.25) is 0 Å². The molecule has 2 amide bonds. The maximum atomic E-state index is 13.0. The van der Waals surface area contributed by atoms with Gasteiger partial charge in [0.1, 0.15) is 12.4 Å². The molecule has 166 valence electrons. The number of carbonyl (C=O) groups excluding carboxylic acids is 2. The lowest BCUT2D eigenvalue weighted by atomic mass is 10.1. The van der Waals surface area contributed by atoms with Gasteiger partial charge in [-0.2, -0.15) is 0 Å². The van der Waals surface area contributed by atoms with Gasteiger partial charge in [0.05, 0.1) is 6.54 Å². The van der Waals surface area contributed by atoms with Crippen LogP contribution in [0.1, 0.15) is 59.0 Å². The minimum atomic E-state index is -0.329. The highest BCUT2D eigenvalue weighted by Crippen LogP contribution is 2.47. The third-order valence-corrected chi connectivity index (χ3v) is 7.04. The van der Waals surface area contributed by atoms with Crippen molar-refractivity contribution in [3.8, 4) is 0 Å². The van der Waals surface area contributed by atoms with Crippen LogP contribution in [0, 0.1) is 0 Å². The summed E-state index contributed by atoms with van der Waals surface area (Å²) in [6, 6.07) is 9.66. The number of amides is 2. The third kappa shape index (κ3) is 3.70. The smallest absolute Gasteiger partial charge is 0.414 e. The van der Waals surface area contributed by atoms with Crippen molar-refractivity contribution >= 4 is 23.5 Å². The SMILES string of the molecule is O=C(c1ccc(N2CCOC2=O)cc1)N1CCN(c2ncc(C3CC3)cc2C2CC2)CC1. The number of hydrogen-bond acceptors (Lipinski definition) is 5. The average molecular weight is 433 g/mol. The van der Waals surface area contributed by atoms with Crippen LogP contribution >= 0.6 is 0 Å². The molecule has 32 heavy (non-hydrogen) atoms. The van der Waals surface area contributed by atoms with Crippen LogP contribution in [-0.4, -0.2) is 61.2 Å². The van der Waals surface area contributed by atoms with Crippen molar-refractivity contribution in [2.24, 2.45) is 0 Å². The van der Waals surface area contributed by atoms with Crippen molar-refractivity contribution in [1.29, 1.82) is 0 Å². The van der Waals surface area contributed by atoms with Crippen molar-refractivity contribution in [2.45, 2.75) is 37.5 Å². The van der Waals surface area contributed by atoms with Crippen LogP contribution in [0.3, 0.4) is 0 Å². The Morgan fingerprint density at radius 3 is 2.28 bits per heavy atom. The summed E-state index contributed by atoms with van der Waals surface area (Å²) in [6.45, 7) is 3.94. The van der Waals surface area contributed by atoms with E-state index in [1.807, 2.05) is 17.0 Å². The number of carbonyl (C=O) groups is 2. The molecule has 0 spiro atoms. The molecule has 6 rings (SSSR count). The first-order valence-electron chi connectivity index (χ1n) is 11.8. The van der Waals surface area contributed by atoms with Gasteiger partial charge in [-0.05, 0) is 72.9 Å². The minimum Gasteiger partial charge on any atom is -0.447 e. The molecule has 2 aromatic rings. The van der Waals surface area contributed by atoms with Crippen molar-refractivity contribution in [1.82, 2.24) is 9.88 Å². The molecule has 0 radical (unpaired) electrons. The Balaban J connectivity index is 1.11. The van der Waals surface area contributed by atoms with Gasteiger partial charge in [-0.15, -0.1) is 0 Å². The van der Waals surface area contributed by atoms with Crippen molar-refractivity contribution in [2.75, 3.05) is 49.1 Å². The molecule has 4 fully saturated rings. The van der Waals surface area contributed by atoms with E-state index in [0.717, 1.165) is 30.5 Å². The van der Waals surface area contributed by atoms with Gasteiger partial charge >= 0.3 is 6.09 Å². The highest BCUT2D eigenvalue weighted by atomic mass is 16.6. The highest BCUT2D eigenvalue weighted by molar-refractivity contribution is 5.96. The van der Waals surface area contributed by atoms with Crippen LogP contribution in [-0.2, 0) is 4.74 Å². The number of aromatic nitrogens is 1. The summed E-state index contributed by atoms with van der Waals surface area (Å²) in [5, 5.41) is 0. The first-order valence-corrected chi connectivity index (χ1v) is 11.8. The van der Waals surface area contributed by atoms with Gasteiger partial charge in [0, 0.05) is 43.6 Å². The Bertz CT molecular complexity index is 1040. The summed E-state index contributed by atoms with van der Waals surface area (Å²) >= 11 is 0. The second kappa shape index (κ2) is 7.80. The first kappa shape index (κ1) is 19.6. The average Bonchev–Trinajstić information content (AvgIpc) is 3.76. The molecule has 7 nitrogen and oxygen atoms in total. The molecule has 2 aliphatic heterocycles. The molecule has 1 aromatic carbocycles. The Morgan fingerprint density at radius 1 is 0.938 bits per heavy atom. The Labute approximate surface area is 188 Å². The van der Waals surface area contributed by atoms with Gasteiger partial charge in [-0.25, -0.2) is 9.78 Å². The topological polar surface area (TPSA) is 66.0 Å². The lowest BCUT2D eigenvalue weighted by molar-refractivity contribution is 0.0746. The van der Waals surface area contributed by atoms with Crippen LogP contribution < -0.4 is 9.80 Å². The number of cyclic esters (lactones) is 1. The highest BCUT2D eigenvalue weighted by Gasteiger charge is 2.33. The second-order valence-electron chi connectivity index (χ2n) is 9.32. The van der Waals surface area contributed by atoms with Crippen LogP contribution in [0.5, 0.6) is 0 Å². The number of benzene rings is 1. The maximum absolute atomic E-state index is 13.0. The summed E-state index contributed by atoms with van der Waals surface area (Å²) in [5.74, 6) is 2.57. The Kier molecular flexibility index (Phi) is 4.77. The van der Waals surface area contributed by atoms with Crippen molar-refractivity contribution in [3.63, 3.8) is 0 Å². The fraction of sp³-hybridized carbons (Fsp3) is 0.480. The van der Waals surface area contributed by atoms with Gasteiger partial charge in [-0.1, -0.05) is 6.07 Å². The monoisotopic (exact) mass is 432 g/mol. The van der Waals surface area contributed by atoms with E-state index < -0.39 is 0 Å². The summed E-state index contributed by atoms with van der Waals surface area (Å²) in [6.07, 6.45) is 6.89.